The van der Waals surface area contributed by atoms with Gasteiger partial charge in [0.25, 0.3) is 0 Å². The van der Waals surface area contributed by atoms with Crippen LogP contribution in [0.15, 0.2) is 121 Å². The summed E-state index contributed by atoms with van der Waals surface area (Å²) in [4.78, 5) is 0. The zero-order valence-electron chi connectivity index (χ0n) is 27.2. The Bertz CT molecular complexity index is 1790. The van der Waals surface area contributed by atoms with E-state index in [4.69, 9.17) is 0 Å². The van der Waals surface area contributed by atoms with Crippen LogP contribution in [0.4, 0.5) is 0 Å². The molecule has 7 rings (SSSR count). The van der Waals surface area contributed by atoms with Crippen LogP contribution in [0.3, 0.4) is 0 Å². The van der Waals surface area contributed by atoms with Gasteiger partial charge in [-0.05, 0) is 111 Å². The summed E-state index contributed by atoms with van der Waals surface area (Å²) in [6.07, 6.45) is 16.8. The molecule has 0 atom stereocenters. The second kappa shape index (κ2) is 14.8. The smallest absolute Gasteiger partial charge is 0.00231 e. The molecule has 0 bridgehead atoms. The topological polar surface area (TPSA) is 0 Å². The lowest BCUT2D eigenvalue weighted by Gasteiger charge is -2.24. The summed E-state index contributed by atoms with van der Waals surface area (Å²) in [5.74, 6) is 0. The van der Waals surface area contributed by atoms with Crippen molar-refractivity contribution in [3.63, 3.8) is 0 Å². The van der Waals surface area contributed by atoms with E-state index in [9.17, 15) is 0 Å². The Morgan fingerprint density at radius 3 is 1.93 bits per heavy atom. The van der Waals surface area contributed by atoms with Crippen LogP contribution in [-0.2, 0) is 12.8 Å². The van der Waals surface area contributed by atoms with Crippen LogP contribution in [0, 0.1) is 6.92 Å². The van der Waals surface area contributed by atoms with Crippen LogP contribution in [0.25, 0.3) is 44.7 Å². The average molecular weight is 575 g/mol. The van der Waals surface area contributed by atoms with Crippen molar-refractivity contribution >= 4 is 22.4 Å². The molecule has 0 fully saturated rings. The van der Waals surface area contributed by atoms with Gasteiger partial charge in [-0.2, -0.15) is 0 Å². The monoisotopic (exact) mass is 574 g/mol. The van der Waals surface area contributed by atoms with Gasteiger partial charge in [0.15, 0.2) is 0 Å². The maximum Gasteiger partial charge on any atom is -0.00231 e. The first-order valence-electron chi connectivity index (χ1n) is 16.6. The second-order valence-corrected chi connectivity index (χ2v) is 11.2. The number of allylic oxidation sites excluding steroid dienone is 5. The van der Waals surface area contributed by atoms with Crippen molar-refractivity contribution in [3.05, 3.63) is 155 Å². The quantitative estimate of drug-likeness (QED) is 0.196. The Morgan fingerprint density at radius 1 is 0.591 bits per heavy atom. The minimum atomic E-state index is 0.955. The Morgan fingerprint density at radius 2 is 1.25 bits per heavy atom. The van der Waals surface area contributed by atoms with Gasteiger partial charge in [0.2, 0.25) is 0 Å². The first kappa shape index (κ1) is 31.0. The van der Waals surface area contributed by atoms with Crippen molar-refractivity contribution in [2.45, 2.75) is 66.7 Å². The number of hydrogen-bond donors (Lipinski definition) is 0. The summed E-state index contributed by atoms with van der Waals surface area (Å²) < 4.78 is 0. The summed E-state index contributed by atoms with van der Waals surface area (Å²) in [6, 6.07) is 36.2. The Labute approximate surface area is 265 Å². The molecule has 2 aliphatic rings. The van der Waals surface area contributed by atoms with Gasteiger partial charge in [-0.3, -0.25) is 0 Å². The van der Waals surface area contributed by atoms with E-state index < -0.39 is 0 Å². The normalized spacial score (nSPS) is 13.2. The molecule has 0 heterocycles. The molecular formula is C44H46. The number of rotatable bonds is 5. The fraction of sp³-hybridized carbons (Fsp3) is 0.227. The van der Waals surface area contributed by atoms with Gasteiger partial charge in [0, 0.05) is 0 Å². The molecule has 44 heavy (non-hydrogen) atoms. The molecule has 0 saturated heterocycles. The molecular weight excluding hydrogens is 528 g/mol. The average Bonchev–Trinajstić information content (AvgIpc) is 3.11. The van der Waals surface area contributed by atoms with E-state index in [2.05, 4.69) is 134 Å². The molecule has 0 nitrogen and oxygen atoms in total. The lowest BCUT2D eigenvalue weighted by atomic mass is 9.80. The molecule has 0 heteroatoms. The zero-order chi connectivity index (χ0) is 30.9. The SMILES string of the molecule is CC.CC.Cc1cc(-c2c3c(c(-c4ccccc4)c4ccccc24)CCC=C3)ccc1Cc1ccc(C2=CC=CCC2)cc1. The molecule has 5 aromatic rings. The highest BCUT2D eigenvalue weighted by Crippen LogP contribution is 2.44. The molecule has 0 spiro atoms. The molecule has 222 valence electrons. The minimum Gasteiger partial charge on any atom is -0.0842 e. The van der Waals surface area contributed by atoms with Crippen molar-refractivity contribution in [1.29, 1.82) is 0 Å². The van der Waals surface area contributed by atoms with Crippen molar-refractivity contribution < 1.29 is 0 Å². The van der Waals surface area contributed by atoms with E-state index in [0.29, 0.717) is 0 Å². The van der Waals surface area contributed by atoms with E-state index in [1.807, 2.05) is 27.7 Å². The third-order valence-electron chi connectivity index (χ3n) is 8.63. The van der Waals surface area contributed by atoms with Gasteiger partial charge in [0.05, 0.1) is 0 Å². The molecule has 0 radical (unpaired) electrons. The van der Waals surface area contributed by atoms with Gasteiger partial charge in [-0.1, -0.05) is 155 Å². The van der Waals surface area contributed by atoms with Crippen LogP contribution in [0.2, 0.25) is 0 Å². The molecule has 0 amide bonds. The third kappa shape index (κ3) is 6.41. The molecule has 0 saturated carbocycles. The van der Waals surface area contributed by atoms with Crippen molar-refractivity contribution in [2.75, 3.05) is 0 Å². The summed E-state index contributed by atoms with van der Waals surface area (Å²) in [7, 11) is 0. The highest BCUT2D eigenvalue weighted by molar-refractivity contribution is 6.10. The first-order valence-corrected chi connectivity index (χ1v) is 16.6. The molecule has 2 aliphatic carbocycles. The predicted molar refractivity (Wildman–Crippen MR) is 195 cm³/mol. The highest BCUT2D eigenvalue weighted by Gasteiger charge is 2.21. The zero-order valence-corrected chi connectivity index (χ0v) is 27.2. The summed E-state index contributed by atoms with van der Waals surface area (Å²) >= 11 is 0. The lowest BCUT2D eigenvalue weighted by Crippen LogP contribution is -2.03. The maximum absolute atomic E-state index is 2.41. The van der Waals surface area contributed by atoms with Crippen molar-refractivity contribution in [3.8, 4) is 22.3 Å². The molecule has 0 N–H and O–H groups in total. The largest absolute Gasteiger partial charge is 0.0842 e. The van der Waals surface area contributed by atoms with Crippen LogP contribution in [0.1, 0.15) is 80.3 Å². The fourth-order valence-electron chi connectivity index (χ4n) is 6.58. The Kier molecular flexibility index (Phi) is 10.5. The minimum absolute atomic E-state index is 0.955. The van der Waals surface area contributed by atoms with Crippen LogP contribution in [-0.4, -0.2) is 0 Å². The van der Waals surface area contributed by atoms with Crippen LogP contribution >= 0.6 is 0 Å². The van der Waals surface area contributed by atoms with Gasteiger partial charge in [0.1, 0.15) is 0 Å². The summed E-state index contributed by atoms with van der Waals surface area (Å²) in [5.41, 5.74) is 15.2. The molecule has 0 aromatic heterocycles. The predicted octanol–water partition coefficient (Wildman–Crippen LogP) is 12.8. The molecule has 5 aromatic carbocycles. The Balaban J connectivity index is 0.000000924. The number of benzene rings is 5. The Hall–Kier alpha value is -4.42. The van der Waals surface area contributed by atoms with Gasteiger partial charge in [-0.15, -0.1) is 0 Å². The van der Waals surface area contributed by atoms with E-state index in [0.717, 1.165) is 32.1 Å². The first-order chi connectivity index (χ1) is 21.8. The highest BCUT2D eigenvalue weighted by atomic mass is 14.2. The van der Waals surface area contributed by atoms with E-state index >= 15 is 0 Å². The van der Waals surface area contributed by atoms with Crippen molar-refractivity contribution in [2.24, 2.45) is 0 Å². The standard InChI is InChI=1S/C40H34.2C2H6/c1-28-26-34(25-24-33(28)27-29-20-22-31(23-21-29)30-12-4-2-5-13-30)40-37-18-10-8-16-35(37)39(32-14-6-3-7-15-32)36-17-9-11-19-38(36)40;2*1-2/h2-4,6-8,10-12,14-16,18-26H,5,9,13,17,27H2,1H3;2*1-2H3. The lowest BCUT2D eigenvalue weighted by molar-refractivity contribution is 0.991. The van der Waals surface area contributed by atoms with Crippen molar-refractivity contribution in [1.82, 2.24) is 0 Å². The number of aryl methyl sites for hydroxylation is 1. The van der Waals surface area contributed by atoms with Crippen LogP contribution < -0.4 is 0 Å². The number of fused-ring (bicyclic) bond motifs is 2. The second-order valence-electron chi connectivity index (χ2n) is 11.2. The summed E-state index contributed by atoms with van der Waals surface area (Å²) in [5, 5.41) is 2.68. The van der Waals surface area contributed by atoms with Gasteiger partial charge in [-0.25, -0.2) is 0 Å². The van der Waals surface area contributed by atoms with Gasteiger partial charge < -0.3 is 0 Å². The third-order valence-corrected chi connectivity index (χ3v) is 8.63. The van der Waals surface area contributed by atoms with E-state index in [-0.39, 0.29) is 0 Å². The number of hydrogen-bond acceptors (Lipinski definition) is 0. The van der Waals surface area contributed by atoms with E-state index in [1.165, 1.54) is 72.0 Å². The molecule has 0 aliphatic heterocycles. The maximum atomic E-state index is 2.41. The van der Waals surface area contributed by atoms with Gasteiger partial charge >= 0.3 is 0 Å². The summed E-state index contributed by atoms with van der Waals surface area (Å²) in [6.45, 7) is 10.3. The molecule has 0 unspecified atom stereocenters. The van der Waals surface area contributed by atoms with E-state index in [1.54, 1.807) is 0 Å². The van der Waals surface area contributed by atoms with Crippen LogP contribution in [0.5, 0.6) is 0 Å². The fourth-order valence-corrected chi connectivity index (χ4v) is 6.58.